The predicted molar refractivity (Wildman–Crippen MR) is 122 cm³/mol. The molecular weight excluding hydrogens is 342 g/mol. The molecule has 2 heteroatoms. The van der Waals surface area contributed by atoms with Gasteiger partial charge in [-0.05, 0) is 49.7 Å². The van der Waals surface area contributed by atoms with Crippen LogP contribution in [0, 0.1) is 11.3 Å². The van der Waals surface area contributed by atoms with E-state index >= 15 is 0 Å². The average molecular weight is 380 g/mol. The Morgan fingerprint density at radius 2 is 1.75 bits per heavy atom. The number of benzene rings is 1. The molecule has 0 saturated carbocycles. The summed E-state index contributed by atoms with van der Waals surface area (Å²) in [4.78, 5) is 12.8. The minimum Gasteiger partial charge on any atom is -0.351 e. The average Bonchev–Trinajstić information content (AvgIpc) is 2.59. The summed E-state index contributed by atoms with van der Waals surface area (Å²) in [5, 5.41) is 3.26. The van der Waals surface area contributed by atoms with E-state index in [1.807, 2.05) is 37.3 Å². The number of allylic oxidation sites excluding steroid dienone is 6. The van der Waals surface area contributed by atoms with Crippen molar-refractivity contribution in [1.82, 2.24) is 5.32 Å². The topological polar surface area (TPSA) is 29.1 Å². The van der Waals surface area contributed by atoms with Crippen LogP contribution in [-0.2, 0) is 11.2 Å². The van der Waals surface area contributed by atoms with Crippen LogP contribution in [0.4, 0.5) is 0 Å². The van der Waals surface area contributed by atoms with Crippen molar-refractivity contribution in [3.05, 3.63) is 85.0 Å². The van der Waals surface area contributed by atoms with Crippen LogP contribution in [-0.4, -0.2) is 11.4 Å². The van der Waals surface area contributed by atoms with Gasteiger partial charge >= 0.3 is 0 Å². The normalized spacial score (nSPS) is 14.0. The second-order valence-corrected chi connectivity index (χ2v) is 9.05. The molecule has 0 aliphatic carbocycles. The number of rotatable bonds is 11. The van der Waals surface area contributed by atoms with Crippen molar-refractivity contribution < 1.29 is 4.79 Å². The van der Waals surface area contributed by atoms with Crippen molar-refractivity contribution in [2.24, 2.45) is 11.3 Å². The molecule has 0 spiro atoms. The molecule has 0 aliphatic rings. The quantitative estimate of drug-likeness (QED) is 0.442. The summed E-state index contributed by atoms with van der Waals surface area (Å²) >= 11 is 0. The third-order valence-corrected chi connectivity index (χ3v) is 4.72. The molecule has 152 valence electrons. The molecule has 0 aliphatic heterocycles. The van der Waals surface area contributed by atoms with E-state index in [0.717, 1.165) is 18.4 Å². The minimum absolute atomic E-state index is 0.0842. The smallest absolute Gasteiger partial charge is 0.223 e. The molecular formula is C26H37NO. The predicted octanol–water partition coefficient (Wildman–Crippen LogP) is 6.42. The molecule has 0 fully saturated rings. The van der Waals surface area contributed by atoms with Crippen molar-refractivity contribution in [2.45, 2.75) is 59.4 Å². The fraction of sp³-hybridized carbons (Fsp3) is 0.423. The number of amides is 1. The Bertz CT molecular complexity index is 707. The summed E-state index contributed by atoms with van der Waals surface area (Å²) in [6.45, 7) is 18.2. The Balaban J connectivity index is 2.69. The monoisotopic (exact) mass is 379 g/mol. The zero-order valence-electron chi connectivity index (χ0n) is 18.3. The van der Waals surface area contributed by atoms with Gasteiger partial charge < -0.3 is 5.32 Å². The van der Waals surface area contributed by atoms with E-state index in [1.165, 1.54) is 5.56 Å². The van der Waals surface area contributed by atoms with Gasteiger partial charge in [0.2, 0.25) is 5.91 Å². The standard InChI is InChI=1S/C26H37NO/c1-8-10-12-15-22(9-2)18-21(3)24(28)27-26(6,7)20-25(4,5)19-23-16-13-11-14-17-23/h8-17,21H,1-2,18-20H2,3-7H3,(H,27,28)/b12-10-,22-15+. The first-order valence-electron chi connectivity index (χ1n) is 10.1. The number of carbonyl (C=O) groups excluding carboxylic acids is 1. The summed E-state index contributed by atoms with van der Waals surface area (Å²) in [6.07, 6.45) is 11.9. The number of hydrogen-bond donors (Lipinski definition) is 1. The van der Waals surface area contributed by atoms with Crippen molar-refractivity contribution in [1.29, 1.82) is 0 Å². The Morgan fingerprint density at radius 3 is 2.32 bits per heavy atom. The van der Waals surface area contributed by atoms with Gasteiger partial charge in [0.05, 0.1) is 0 Å². The van der Waals surface area contributed by atoms with Crippen molar-refractivity contribution in [3.63, 3.8) is 0 Å². The third-order valence-electron chi connectivity index (χ3n) is 4.72. The van der Waals surface area contributed by atoms with Gasteiger partial charge in [-0.25, -0.2) is 0 Å². The number of carbonyl (C=O) groups is 1. The molecule has 1 aromatic carbocycles. The van der Waals surface area contributed by atoms with Crippen LogP contribution < -0.4 is 5.32 Å². The lowest BCUT2D eigenvalue weighted by Crippen LogP contribution is -2.48. The molecule has 1 amide bonds. The van der Waals surface area contributed by atoms with Crippen LogP contribution in [0.1, 0.15) is 53.0 Å². The molecule has 1 aromatic rings. The Labute approximate surface area is 172 Å². The molecule has 0 radical (unpaired) electrons. The largest absolute Gasteiger partial charge is 0.351 e. The molecule has 0 heterocycles. The Morgan fingerprint density at radius 1 is 1.11 bits per heavy atom. The van der Waals surface area contributed by atoms with E-state index in [0.29, 0.717) is 6.42 Å². The van der Waals surface area contributed by atoms with Crippen molar-refractivity contribution in [2.75, 3.05) is 0 Å². The maximum Gasteiger partial charge on any atom is 0.223 e. The van der Waals surface area contributed by atoms with Gasteiger partial charge in [-0.15, -0.1) is 0 Å². The van der Waals surface area contributed by atoms with Gasteiger partial charge in [-0.1, -0.05) is 94.6 Å². The number of hydrogen-bond acceptors (Lipinski definition) is 1. The van der Waals surface area contributed by atoms with Crippen LogP contribution in [0.3, 0.4) is 0 Å². The number of nitrogens with one attached hydrogen (secondary N) is 1. The highest BCUT2D eigenvalue weighted by Gasteiger charge is 2.31. The zero-order valence-corrected chi connectivity index (χ0v) is 18.3. The summed E-state index contributed by atoms with van der Waals surface area (Å²) < 4.78 is 0. The lowest BCUT2D eigenvalue weighted by atomic mass is 9.76. The molecule has 28 heavy (non-hydrogen) atoms. The molecule has 0 bridgehead atoms. The van der Waals surface area contributed by atoms with Gasteiger partial charge in [0.25, 0.3) is 0 Å². The first-order valence-corrected chi connectivity index (χ1v) is 10.1. The van der Waals surface area contributed by atoms with E-state index in [2.05, 4.69) is 70.4 Å². The highest BCUT2D eigenvalue weighted by Crippen LogP contribution is 2.32. The van der Waals surface area contributed by atoms with Gasteiger partial charge in [-0.2, -0.15) is 0 Å². The SMILES string of the molecule is C=C/C=C\C=C(/C=C)CC(C)C(=O)NC(C)(C)CC(C)(C)Cc1ccccc1. The first-order chi connectivity index (χ1) is 13.1. The second kappa shape index (κ2) is 10.8. The van der Waals surface area contributed by atoms with Crippen LogP contribution in [0.25, 0.3) is 0 Å². The molecule has 0 aromatic heterocycles. The fourth-order valence-corrected chi connectivity index (χ4v) is 3.83. The second-order valence-electron chi connectivity index (χ2n) is 9.05. The van der Waals surface area contributed by atoms with E-state index < -0.39 is 0 Å². The minimum atomic E-state index is -0.273. The summed E-state index contributed by atoms with van der Waals surface area (Å²) in [7, 11) is 0. The Hall–Kier alpha value is -2.35. The summed E-state index contributed by atoms with van der Waals surface area (Å²) in [5.41, 5.74) is 2.19. The highest BCUT2D eigenvalue weighted by molar-refractivity contribution is 5.79. The van der Waals surface area contributed by atoms with E-state index in [1.54, 1.807) is 6.08 Å². The molecule has 1 rings (SSSR count). The van der Waals surface area contributed by atoms with Crippen molar-refractivity contribution in [3.8, 4) is 0 Å². The molecule has 0 saturated heterocycles. The van der Waals surface area contributed by atoms with Gasteiger partial charge in [0.1, 0.15) is 0 Å². The zero-order chi connectivity index (χ0) is 21.2. The molecule has 1 N–H and O–H groups in total. The highest BCUT2D eigenvalue weighted by atomic mass is 16.2. The first kappa shape index (κ1) is 23.7. The van der Waals surface area contributed by atoms with Crippen LogP contribution in [0.2, 0.25) is 0 Å². The van der Waals surface area contributed by atoms with Gasteiger partial charge in [-0.3, -0.25) is 4.79 Å². The lowest BCUT2D eigenvalue weighted by molar-refractivity contribution is -0.126. The van der Waals surface area contributed by atoms with Crippen molar-refractivity contribution >= 4 is 5.91 Å². The van der Waals surface area contributed by atoms with Gasteiger partial charge in [0.15, 0.2) is 0 Å². The van der Waals surface area contributed by atoms with Gasteiger partial charge in [0, 0.05) is 11.5 Å². The maximum atomic E-state index is 12.8. The Kier molecular flexibility index (Phi) is 9.18. The summed E-state index contributed by atoms with van der Waals surface area (Å²) in [5.74, 6) is -0.0288. The molecule has 1 atom stereocenters. The lowest BCUT2D eigenvalue weighted by Gasteiger charge is -2.36. The van der Waals surface area contributed by atoms with Crippen LogP contribution >= 0.6 is 0 Å². The summed E-state index contributed by atoms with van der Waals surface area (Å²) in [6, 6.07) is 10.5. The molecule has 2 nitrogen and oxygen atoms in total. The maximum absolute atomic E-state index is 12.8. The molecule has 1 unspecified atom stereocenters. The fourth-order valence-electron chi connectivity index (χ4n) is 3.83. The third kappa shape index (κ3) is 9.03. The van der Waals surface area contributed by atoms with Crippen LogP contribution in [0.5, 0.6) is 0 Å². The van der Waals surface area contributed by atoms with E-state index in [4.69, 9.17) is 0 Å². The van der Waals surface area contributed by atoms with E-state index in [9.17, 15) is 4.79 Å². The van der Waals surface area contributed by atoms with Crippen LogP contribution in [0.15, 0.2) is 79.4 Å². The van der Waals surface area contributed by atoms with E-state index in [-0.39, 0.29) is 22.8 Å².